The van der Waals surface area contributed by atoms with Crippen LogP contribution in [-0.2, 0) is 9.59 Å². The van der Waals surface area contributed by atoms with E-state index in [4.69, 9.17) is 9.47 Å². The highest BCUT2D eigenvalue weighted by Gasteiger charge is 2.05. The smallest absolute Gasteiger partial charge is 0.258 e. The van der Waals surface area contributed by atoms with E-state index in [-0.39, 0.29) is 25.0 Å². The van der Waals surface area contributed by atoms with Crippen LogP contribution in [0, 0.1) is 11.8 Å². The van der Waals surface area contributed by atoms with Crippen LogP contribution in [0.1, 0.15) is 12.5 Å². The number of para-hydroxylation sites is 2. The molecule has 0 radical (unpaired) electrons. The third-order valence-electron chi connectivity index (χ3n) is 3.24. The Bertz CT molecular complexity index is 820. The second-order valence-corrected chi connectivity index (χ2v) is 5.28. The van der Waals surface area contributed by atoms with Crippen LogP contribution in [0.15, 0.2) is 48.5 Å². The monoisotopic (exact) mass is 352 g/mol. The zero-order valence-electron chi connectivity index (χ0n) is 14.7. The van der Waals surface area contributed by atoms with Crippen molar-refractivity contribution in [3.8, 4) is 23.3 Å². The highest BCUT2D eigenvalue weighted by atomic mass is 16.5. The molecule has 0 saturated carbocycles. The quantitative estimate of drug-likeness (QED) is 0.782. The van der Waals surface area contributed by atoms with Crippen LogP contribution >= 0.6 is 0 Å². The second-order valence-electron chi connectivity index (χ2n) is 5.28. The van der Waals surface area contributed by atoms with Crippen molar-refractivity contribution in [3.05, 3.63) is 54.1 Å². The maximum atomic E-state index is 11.8. The van der Waals surface area contributed by atoms with Gasteiger partial charge in [-0.1, -0.05) is 24.0 Å². The molecule has 0 unspecified atom stereocenters. The summed E-state index contributed by atoms with van der Waals surface area (Å²) >= 11 is 0. The summed E-state index contributed by atoms with van der Waals surface area (Å²) in [4.78, 5) is 22.7. The molecule has 0 aliphatic heterocycles. The first-order valence-corrected chi connectivity index (χ1v) is 7.97. The van der Waals surface area contributed by atoms with Gasteiger partial charge in [-0.3, -0.25) is 9.59 Å². The summed E-state index contributed by atoms with van der Waals surface area (Å²) in [6.45, 7) is 1.54. The topological polar surface area (TPSA) is 76.7 Å². The van der Waals surface area contributed by atoms with Gasteiger partial charge < -0.3 is 20.1 Å². The van der Waals surface area contributed by atoms with Gasteiger partial charge in [-0.2, -0.15) is 0 Å². The summed E-state index contributed by atoms with van der Waals surface area (Å²) in [5.74, 6) is 6.48. The standard InChI is InChI=1S/C20H20N2O4/c1-15(23)22-17-11-9-16(10-12-17)6-5-13-21-20(24)14-26-19-8-4-3-7-18(19)25-2/h3-4,7-12H,13-14H2,1-2H3,(H,21,24)(H,22,23). The van der Waals surface area contributed by atoms with Gasteiger partial charge in [0.05, 0.1) is 13.7 Å². The Morgan fingerprint density at radius 2 is 1.73 bits per heavy atom. The van der Waals surface area contributed by atoms with Crippen molar-refractivity contribution >= 4 is 17.5 Å². The van der Waals surface area contributed by atoms with Gasteiger partial charge in [0, 0.05) is 18.2 Å². The van der Waals surface area contributed by atoms with Crippen molar-refractivity contribution in [3.63, 3.8) is 0 Å². The van der Waals surface area contributed by atoms with Gasteiger partial charge >= 0.3 is 0 Å². The van der Waals surface area contributed by atoms with Crippen molar-refractivity contribution in [2.45, 2.75) is 6.92 Å². The maximum Gasteiger partial charge on any atom is 0.258 e. The molecule has 0 aromatic heterocycles. The molecule has 0 bridgehead atoms. The molecule has 2 aromatic carbocycles. The van der Waals surface area contributed by atoms with Crippen molar-refractivity contribution in [2.24, 2.45) is 0 Å². The fraction of sp³-hybridized carbons (Fsp3) is 0.200. The average Bonchev–Trinajstić information content (AvgIpc) is 2.64. The van der Waals surface area contributed by atoms with Gasteiger partial charge in [0.1, 0.15) is 0 Å². The van der Waals surface area contributed by atoms with Crippen molar-refractivity contribution in [1.29, 1.82) is 0 Å². The number of carbonyl (C=O) groups excluding carboxylic acids is 2. The Morgan fingerprint density at radius 3 is 2.38 bits per heavy atom. The molecule has 0 aliphatic rings. The van der Waals surface area contributed by atoms with E-state index in [2.05, 4.69) is 22.5 Å². The lowest BCUT2D eigenvalue weighted by atomic mass is 10.2. The predicted octanol–water partition coefficient (Wildman–Crippen LogP) is 2.20. The lowest BCUT2D eigenvalue weighted by Gasteiger charge is -2.09. The molecular weight excluding hydrogens is 332 g/mol. The number of benzene rings is 2. The Balaban J connectivity index is 1.76. The van der Waals surface area contributed by atoms with E-state index in [1.54, 1.807) is 49.6 Å². The number of carbonyl (C=O) groups is 2. The van der Waals surface area contributed by atoms with E-state index < -0.39 is 0 Å². The first kappa shape index (κ1) is 18.9. The number of rotatable bonds is 6. The minimum absolute atomic E-state index is 0.118. The molecule has 6 nitrogen and oxygen atoms in total. The van der Waals surface area contributed by atoms with Gasteiger partial charge in [-0.25, -0.2) is 0 Å². The van der Waals surface area contributed by atoms with Crippen LogP contribution in [-0.4, -0.2) is 32.1 Å². The molecule has 2 aromatic rings. The van der Waals surface area contributed by atoms with Crippen molar-refractivity contribution in [1.82, 2.24) is 5.32 Å². The number of anilines is 1. The molecule has 2 amide bonds. The molecule has 6 heteroatoms. The molecule has 0 heterocycles. The number of hydrogen-bond donors (Lipinski definition) is 2. The van der Waals surface area contributed by atoms with Crippen LogP contribution in [0.25, 0.3) is 0 Å². The SMILES string of the molecule is COc1ccccc1OCC(=O)NCC#Cc1ccc(NC(C)=O)cc1. The normalized spacial score (nSPS) is 9.46. The van der Waals surface area contributed by atoms with Crippen molar-refractivity contribution in [2.75, 3.05) is 25.6 Å². The number of ether oxygens (including phenoxy) is 2. The lowest BCUT2D eigenvalue weighted by Crippen LogP contribution is -2.29. The average molecular weight is 352 g/mol. The Labute approximate surface area is 152 Å². The van der Waals surface area contributed by atoms with Crippen LogP contribution in [0.2, 0.25) is 0 Å². The summed E-state index contributed by atoms with van der Waals surface area (Å²) < 4.78 is 10.6. The number of amides is 2. The first-order chi connectivity index (χ1) is 12.6. The molecule has 0 spiro atoms. The minimum Gasteiger partial charge on any atom is -0.493 e. The third kappa shape index (κ3) is 6.21. The van der Waals surface area contributed by atoms with Crippen LogP contribution in [0.3, 0.4) is 0 Å². The lowest BCUT2D eigenvalue weighted by molar-refractivity contribution is -0.122. The molecule has 2 rings (SSSR count). The van der Waals surface area contributed by atoms with Crippen LogP contribution in [0.4, 0.5) is 5.69 Å². The van der Waals surface area contributed by atoms with E-state index in [0.29, 0.717) is 17.2 Å². The highest BCUT2D eigenvalue weighted by molar-refractivity contribution is 5.88. The van der Waals surface area contributed by atoms with E-state index in [0.717, 1.165) is 5.56 Å². The number of nitrogens with one attached hydrogen (secondary N) is 2. The molecule has 2 N–H and O–H groups in total. The van der Waals surface area contributed by atoms with Crippen molar-refractivity contribution < 1.29 is 19.1 Å². The Morgan fingerprint density at radius 1 is 1.04 bits per heavy atom. The molecule has 0 saturated heterocycles. The minimum atomic E-state index is -0.272. The molecule has 0 aliphatic carbocycles. The predicted molar refractivity (Wildman–Crippen MR) is 99.1 cm³/mol. The number of methoxy groups -OCH3 is 1. The largest absolute Gasteiger partial charge is 0.493 e. The maximum absolute atomic E-state index is 11.8. The van der Waals surface area contributed by atoms with Gasteiger partial charge in [0.2, 0.25) is 5.91 Å². The van der Waals surface area contributed by atoms with E-state index >= 15 is 0 Å². The summed E-state index contributed by atoms with van der Waals surface area (Å²) in [7, 11) is 1.54. The fourth-order valence-corrected chi connectivity index (χ4v) is 2.06. The molecular formula is C20H20N2O4. The zero-order valence-corrected chi connectivity index (χ0v) is 14.7. The number of hydrogen-bond acceptors (Lipinski definition) is 4. The van der Waals surface area contributed by atoms with Gasteiger partial charge in [0.25, 0.3) is 5.91 Å². The van der Waals surface area contributed by atoms with Gasteiger partial charge in [0.15, 0.2) is 18.1 Å². The first-order valence-electron chi connectivity index (χ1n) is 7.97. The summed E-state index contributed by atoms with van der Waals surface area (Å²) in [5.41, 5.74) is 1.50. The molecule has 26 heavy (non-hydrogen) atoms. The Hall–Kier alpha value is -3.46. The van der Waals surface area contributed by atoms with E-state index in [1.165, 1.54) is 6.92 Å². The zero-order chi connectivity index (χ0) is 18.8. The summed E-state index contributed by atoms with van der Waals surface area (Å²) in [6.07, 6.45) is 0. The van der Waals surface area contributed by atoms with Crippen LogP contribution in [0.5, 0.6) is 11.5 Å². The van der Waals surface area contributed by atoms with Gasteiger partial charge in [-0.15, -0.1) is 0 Å². The second kappa shape index (κ2) is 9.74. The molecule has 134 valence electrons. The van der Waals surface area contributed by atoms with Crippen LogP contribution < -0.4 is 20.1 Å². The fourth-order valence-electron chi connectivity index (χ4n) is 2.06. The van der Waals surface area contributed by atoms with Gasteiger partial charge in [-0.05, 0) is 36.4 Å². The summed E-state index contributed by atoms with van der Waals surface area (Å²) in [6, 6.07) is 14.3. The van der Waals surface area contributed by atoms with E-state index in [1.807, 2.05) is 6.07 Å². The molecule has 0 atom stereocenters. The summed E-state index contributed by atoms with van der Waals surface area (Å²) in [5, 5.41) is 5.35. The highest BCUT2D eigenvalue weighted by Crippen LogP contribution is 2.25. The Kier molecular flexibility index (Phi) is 7.07. The third-order valence-corrected chi connectivity index (χ3v) is 3.24. The molecule has 0 fully saturated rings. The van der Waals surface area contributed by atoms with E-state index in [9.17, 15) is 9.59 Å².